The highest BCUT2D eigenvalue weighted by atomic mass is 16.4. The second-order valence-corrected chi connectivity index (χ2v) is 6.03. The van der Waals surface area contributed by atoms with Crippen molar-refractivity contribution < 1.29 is 9.90 Å². The Bertz CT molecular complexity index is 304. The Balaban J connectivity index is 1.77. The molecule has 3 heteroatoms. The predicted molar refractivity (Wildman–Crippen MR) is 61.1 cm³/mol. The number of nitrogens with zero attached hydrogens (tertiary/aromatic N) is 1. The molecular weight excluding hydrogens is 202 g/mol. The third-order valence-electron chi connectivity index (χ3n) is 5.12. The van der Waals surface area contributed by atoms with Crippen LogP contribution in [0.15, 0.2) is 0 Å². The number of rotatable bonds is 2. The van der Waals surface area contributed by atoms with Gasteiger partial charge in [-0.25, -0.2) is 0 Å². The molecule has 2 saturated carbocycles. The van der Waals surface area contributed by atoms with Crippen molar-refractivity contribution in [1.29, 1.82) is 0 Å². The van der Waals surface area contributed by atoms with Crippen molar-refractivity contribution in [2.45, 2.75) is 51.1 Å². The topological polar surface area (TPSA) is 40.5 Å². The highest BCUT2D eigenvalue weighted by Gasteiger charge is 2.48. The Morgan fingerprint density at radius 2 is 2.06 bits per heavy atom. The SMILES string of the molecule is CC1CCN(C2CC3CCC2C3)C1C(=O)O. The van der Waals surface area contributed by atoms with Gasteiger partial charge in [-0.2, -0.15) is 0 Å². The van der Waals surface area contributed by atoms with Crippen molar-refractivity contribution in [3.05, 3.63) is 0 Å². The van der Waals surface area contributed by atoms with Crippen molar-refractivity contribution >= 4 is 5.97 Å². The lowest BCUT2D eigenvalue weighted by molar-refractivity contribution is -0.144. The van der Waals surface area contributed by atoms with E-state index in [2.05, 4.69) is 11.8 Å². The number of hydrogen-bond acceptors (Lipinski definition) is 2. The van der Waals surface area contributed by atoms with Gasteiger partial charge in [-0.1, -0.05) is 13.3 Å². The summed E-state index contributed by atoms with van der Waals surface area (Å²) in [5.74, 6) is 1.43. The van der Waals surface area contributed by atoms with Gasteiger partial charge in [-0.15, -0.1) is 0 Å². The maximum absolute atomic E-state index is 11.3. The van der Waals surface area contributed by atoms with Gasteiger partial charge >= 0.3 is 5.97 Å². The van der Waals surface area contributed by atoms with Crippen LogP contribution in [0.25, 0.3) is 0 Å². The van der Waals surface area contributed by atoms with E-state index in [1.54, 1.807) is 0 Å². The molecule has 1 heterocycles. The van der Waals surface area contributed by atoms with Gasteiger partial charge in [0.1, 0.15) is 6.04 Å². The molecule has 2 aliphatic carbocycles. The van der Waals surface area contributed by atoms with E-state index < -0.39 is 5.97 Å². The molecule has 1 N–H and O–H groups in total. The zero-order valence-corrected chi connectivity index (χ0v) is 9.93. The van der Waals surface area contributed by atoms with Crippen LogP contribution in [-0.4, -0.2) is 34.6 Å². The van der Waals surface area contributed by atoms with Gasteiger partial charge < -0.3 is 5.11 Å². The van der Waals surface area contributed by atoms with E-state index in [0.29, 0.717) is 12.0 Å². The fourth-order valence-electron chi connectivity index (χ4n) is 4.35. The van der Waals surface area contributed by atoms with Crippen LogP contribution in [0.1, 0.15) is 39.0 Å². The third kappa shape index (κ3) is 1.48. The average molecular weight is 223 g/mol. The molecule has 5 atom stereocenters. The number of aliphatic carboxylic acids is 1. The fraction of sp³-hybridized carbons (Fsp3) is 0.923. The van der Waals surface area contributed by atoms with E-state index in [0.717, 1.165) is 24.8 Å². The molecule has 3 rings (SSSR count). The minimum absolute atomic E-state index is 0.204. The maximum atomic E-state index is 11.3. The molecule has 1 aliphatic heterocycles. The van der Waals surface area contributed by atoms with Crippen molar-refractivity contribution in [3.8, 4) is 0 Å². The molecule has 0 spiro atoms. The molecule has 0 aromatic heterocycles. The predicted octanol–water partition coefficient (Wildman–Crippen LogP) is 1.97. The molecule has 3 nitrogen and oxygen atoms in total. The Hall–Kier alpha value is -0.570. The summed E-state index contributed by atoms with van der Waals surface area (Å²) in [6.07, 6.45) is 6.42. The largest absolute Gasteiger partial charge is 0.480 e. The monoisotopic (exact) mass is 223 g/mol. The Labute approximate surface area is 96.8 Å². The number of carboxylic acids is 1. The van der Waals surface area contributed by atoms with Crippen LogP contribution in [0.4, 0.5) is 0 Å². The summed E-state index contributed by atoms with van der Waals surface area (Å²) in [7, 11) is 0. The second-order valence-electron chi connectivity index (χ2n) is 6.03. The van der Waals surface area contributed by atoms with Crippen LogP contribution >= 0.6 is 0 Å². The number of carbonyl (C=O) groups is 1. The third-order valence-corrected chi connectivity index (χ3v) is 5.12. The number of hydrogen-bond donors (Lipinski definition) is 1. The standard InChI is InChI=1S/C13H21NO2/c1-8-4-5-14(12(8)13(15)16)11-7-9-2-3-10(11)6-9/h8-12H,2-7H2,1H3,(H,15,16). The quantitative estimate of drug-likeness (QED) is 0.778. The number of carboxylic acid groups (broad SMARTS) is 1. The summed E-state index contributed by atoms with van der Waals surface area (Å²) >= 11 is 0. The fourth-order valence-corrected chi connectivity index (χ4v) is 4.35. The van der Waals surface area contributed by atoms with E-state index >= 15 is 0 Å². The first-order chi connectivity index (χ1) is 7.66. The van der Waals surface area contributed by atoms with Crippen LogP contribution in [0.5, 0.6) is 0 Å². The highest BCUT2D eigenvalue weighted by molar-refractivity contribution is 5.74. The first kappa shape index (κ1) is 10.6. The highest BCUT2D eigenvalue weighted by Crippen LogP contribution is 2.48. The van der Waals surface area contributed by atoms with Gasteiger partial charge in [-0.05, 0) is 50.0 Å². The smallest absolute Gasteiger partial charge is 0.321 e. The first-order valence-electron chi connectivity index (χ1n) is 6.65. The minimum atomic E-state index is -0.604. The summed E-state index contributed by atoms with van der Waals surface area (Å²) in [4.78, 5) is 13.7. The lowest BCUT2D eigenvalue weighted by Gasteiger charge is -2.34. The summed E-state index contributed by atoms with van der Waals surface area (Å²) in [5, 5.41) is 9.34. The minimum Gasteiger partial charge on any atom is -0.480 e. The molecule has 2 bridgehead atoms. The zero-order valence-electron chi connectivity index (χ0n) is 9.93. The molecule has 1 saturated heterocycles. The average Bonchev–Trinajstić information content (AvgIpc) is 2.89. The van der Waals surface area contributed by atoms with Gasteiger partial charge in [-0.3, -0.25) is 9.69 Å². The van der Waals surface area contributed by atoms with E-state index in [4.69, 9.17) is 0 Å². The molecule has 16 heavy (non-hydrogen) atoms. The Morgan fingerprint density at radius 1 is 1.25 bits per heavy atom. The molecule has 5 unspecified atom stereocenters. The summed E-state index contributed by atoms with van der Waals surface area (Å²) in [6, 6.07) is 0.383. The Kier molecular flexibility index (Phi) is 2.46. The van der Waals surface area contributed by atoms with Crippen molar-refractivity contribution in [2.24, 2.45) is 17.8 Å². The second kappa shape index (κ2) is 3.73. The van der Waals surface area contributed by atoms with Crippen LogP contribution in [0.2, 0.25) is 0 Å². The Morgan fingerprint density at radius 3 is 2.62 bits per heavy atom. The molecule has 0 aromatic rings. The van der Waals surface area contributed by atoms with Crippen molar-refractivity contribution in [3.63, 3.8) is 0 Å². The van der Waals surface area contributed by atoms with Gasteiger partial charge in [0, 0.05) is 6.04 Å². The molecular formula is C13H21NO2. The van der Waals surface area contributed by atoms with Crippen LogP contribution in [0, 0.1) is 17.8 Å². The molecule has 90 valence electrons. The number of likely N-dealkylation sites (tertiary alicyclic amines) is 1. The normalized spacial score (nSPS) is 47.7. The number of fused-ring (bicyclic) bond motifs is 2. The van der Waals surface area contributed by atoms with Crippen molar-refractivity contribution in [2.75, 3.05) is 6.54 Å². The van der Waals surface area contributed by atoms with Gasteiger partial charge in [0.15, 0.2) is 0 Å². The summed E-state index contributed by atoms with van der Waals surface area (Å²) < 4.78 is 0. The molecule has 0 amide bonds. The van der Waals surface area contributed by atoms with Gasteiger partial charge in [0.25, 0.3) is 0 Å². The lowest BCUT2D eigenvalue weighted by Crippen LogP contribution is -2.47. The summed E-state index contributed by atoms with van der Waals surface area (Å²) in [6.45, 7) is 3.10. The van der Waals surface area contributed by atoms with Gasteiger partial charge in [0.05, 0.1) is 0 Å². The molecule has 3 fully saturated rings. The molecule has 3 aliphatic rings. The van der Waals surface area contributed by atoms with Crippen molar-refractivity contribution in [1.82, 2.24) is 4.90 Å². The maximum Gasteiger partial charge on any atom is 0.321 e. The van der Waals surface area contributed by atoms with Gasteiger partial charge in [0.2, 0.25) is 0 Å². The van der Waals surface area contributed by atoms with Crippen LogP contribution in [-0.2, 0) is 4.79 Å². The van der Waals surface area contributed by atoms with Crippen LogP contribution < -0.4 is 0 Å². The summed E-state index contributed by atoms with van der Waals surface area (Å²) in [5.41, 5.74) is 0. The van der Waals surface area contributed by atoms with Crippen LogP contribution in [0.3, 0.4) is 0 Å². The first-order valence-corrected chi connectivity index (χ1v) is 6.65. The lowest BCUT2D eigenvalue weighted by atomic mass is 9.93. The van der Waals surface area contributed by atoms with E-state index in [9.17, 15) is 9.90 Å². The van der Waals surface area contributed by atoms with E-state index in [-0.39, 0.29) is 6.04 Å². The van der Waals surface area contributed by atoms with E-state index in [1.807, 2.05) is 0 Å². The molecule has 0 radical (unpaired) electrons. The van der Waals surface area contributed by atoms with E-state index in [1.165, 1.54) is 25.7 Å². The molecule has 0 aromatic carbocycles. The zero-order chi connectivity index (χ0) is 11.3.